The van der Waals surface area contributed by atoms with Crippen molar-refractivity contribution in [3.8, 4) is 0 Å². The van der Waals surface area contributed by atoms with Crippen LogP contribution in [0.4, 0.5) is 0 Å². The highest BCUT2D eigenvalue weighted by Crippen LogP contribution is 2.41. The maximum atomic E-state index is 10.3. The minimum absolute atomic E-state index is 0.0698. The van der Waals surface area contributed by atoms with Crippen LogP contribution in [0.3, 0.4) is 0 Å². The molecule has 18 heavy (non-hydrogen) atoms. The van der Waals surface area contributed by atoms with Gasteiger partial charge in [0, 0.05) is 13.5 Å². The van der Waals surface area contributed by atoms with Crippen LogP contribution < -0.4 is 0 Å². The topological polar surface area (TPSA) is 50.9 Å². The van der Waals surface area contributed by atoms with E-state index in [1.54, 1.807) is 6.33 Å². The molecule has 0 aliphatic heterocycles. The van der Waals surface area contributed by atoms with E-state index in [1.807, 2.05) is 11.7 Å². The highest BCUT2D eigenvalue weighted by molar-refractivity contribution is 4.96. The average Bonchev–Trinajstić information content (AvgIpc) is 2.63. The van der Waals surface area contributed by atoms with Crippen molar-refractivity contribution in [2.75, 3.05) is 0 Å². The van der Waals surface area contributed by atoms with Gasteiger partial charge in [0.1, 0.15) is 12.2 Å². The normalized spacial score (nSPS) is 29.5. The van der Waals surface area contributed by atoms with Crippen LogP contribution in [-0.4, -0.2) is 26.0 Å². The molecule has 0 radical (unpaired) electrons. The molecule has 1 fully saturated rings. The molecular weight excluding hydrogens is 226 g/mol. The van der Waals surface area contributed by atoms with Gasteiger partial charge >= 0.3 is 0 Å². The first-order valence-corrected chi connectivity index (χ1v) is 6.91. The molecule has 0 bridgehead atoms. The Kier molecular flexibility index (Phi) is 3.76. The molecule has 0 amide bonds. The van der Waals surface area contributed by atoms with Gasteiger partial charge in [-0.25, -0.2) is 4.98 Å². The predicted octanol–water partition coefficient (Wildman–Crippen LogP) is 2.18. The van der Waals surface area contributed by atoms with E-state index in [0.717, 1.165) is 25.1 Å². The van der Waals surface area contributed by atoms with Gasteiger partial charge in [-0.2, -0.15) is 5.10 Å². The SMILES string of the molecule is CC1CCC(C(C)(C)Cc2ncnn2C)C(O)C1. The van der Waals surface area contributed by atoms with E-state index < -0.39 is 0 Å². The summed E-state index contributed by atoms with van der Waals surface area (Å²) in [5, 5.41) is 14.5. The number of aryl methyl sites for hydroxylation is 1. The molecule has 0 spiro atoms. The highest BCUT2D eigenvalue weighted by atomic mass is 16.3. The number of hydrogen-bond donors (Lipinski definition) is 1. The Morgan fingerprint density at radius 2 is 2.17 bits per heavy atom. The van der Waals surface area contributed by atoms with Crippen LogP contribution in [0.25, 0.3) is 0 Å². The summed E-state index contributed by atoms with van der Waals surface area (Å²) in [4.78, 5) is 4.31. The standard InChI is InChI=1S/C14H25N3O/c1-10-5-6-11(12(18)7-10)14(2,3)8-13-15-9-16-17(13)4/h9-12,18H,5-8H2,1-4H3. The zero-order valence-electron chi connectivity index (χ0n) is 11.9. The number of hydrogen-bond acceptors (Lipinski definition) is 3. The number of rotatable bonds is 3. The Morgan fingerprint density at radius 1 is 1.44 bits per heavy atom. The first-order valence-electron chi connectivity index (χ1n) is 6.91. The Labute approximate surface area is 109 Å². The number of aliphatic hydroxyl groups is 1. The third-order valence-electron chi connectivity index (χ3n) is 4.50. The van der Waals surface area contributed by atoms with Crippen molar-refractivity contribution in [2.24, 2.45) is 24.3 Å². The Morgan fingerprint density at radius 3 is 2.72 bits per heavy atom. The van der Waals surface area contributed by atoms with E-state index in [4.69, 9.17) is 0 Å². The maximum absolute atomic E-state index is 10.3. The van der Waals surface area contributed by atoms with Gasteiger partial charge < -0.3 is 5.11 Å². The van der Waals surface area contributed by atoms with E-state index in [1.165, 1.54) is 6.42 Å². The molecule has 102 valence electrons. The van der Waals surface area contributed by atoms with Crippen LogP contribution in [0, 0.1) is 17.3 Å². The van der Waals surface area contributed by atoms with E-state index >= 15 is 0 Å². The van der Waals surface area contributed by atoms with Crippen molar-refractivity contribution in [3.05, 3.63) is 12.2 Å². The van der Waals surface area contributed by atoms with Gasteiger partial charge in [0.25, 0.3) is 0 Å². The fourth-order valence-electron chi connectivity index (χ4n) is 3.28. The minimum Gasteiger partial charge on any atom is -0.393 e. The second-order valence-electron chi connectivity index (χ2n) is 6.56. The average molecular weight is 251 g/mol. The van der Waals surface area contributed by atoms with Gasteiger partial charge in [-0.05, 0) is 30.1 Å². The number of aliphatic hydroxyl groups excluding tert-OH is 1. The molecule has 1 saturated carbocycles. The molecule has 1 heterocycles. The Hall–Kier alpha value is -0.900. The summed E-state index contributed by atoms with van der Waals surface area (Å²) in [5.74, 6) is 2.03. The molecule has 1 aromatic heterocycles. The molecule has 1 aliphatic rings. The van der Waals surface area contributed by atoms with Crippen LogP contribution in [0.5, 0.6) is 0 Å². The molecule has 4 nitrogen and oxygen atoms in total. The smallest absolute Gasteiger partial charge is 0.138 e. The summed E-state index contributed by atoms with van der Waals surface area (Å²) in [6, 6.07) is 0. The van der Waals surface area contributed by atoms with Crippen molar-refractivity contribution in [1.29, 1.82) is 0 Å². The second kappa shape index (κ2) is 5.00. The third kappa shape index (κ3) is 2.74. The van der Waals surface area contributed by atoms with Gasteiger partial charge in [0.2, 0.25) is 0 Å². The van der Waals surface area contributed by atoms with Gasteiger partial charge in [-0.3, -0.25) is 4.68 Å². The Bertz CT molecular complexity index is 399. The molecule has 1 N–H and O–H groups in total. The number of nitrogens with zero attached hydrogens (tertiary/aromatic N) is 3. The van der Waals surface area contributed by atoms with Crippen LogP contribution in [0.15, 0.2) is 6.33 Å². The van der Waals surface area contributed by atoms with Crippen molar-refractivity contribution < 1.29 is 5.11 Å². The van der Waals surface area contributed by atoms with Crippen LogP contribution in [0.2, 0.25) is 0 Å². The number of aromatic nitrogens is 3. The molecular formula is C14H25N3O. The fourth-order valence-corrected chi connectivity index (χ4v) is 3.28. The lowest BCUT2D eigenvalue weighted by Gasteiger charge is -2.41. The lowest BCUT2D eigenvalue weighted by atomic mass is 9.66. The van der Waals surface area contributed by atoms with Crippen LogP contribution in [0.1, 0.15) is 45.9 Å². The van der Waals surface area contributed by atoms with E-state index in [-0.39, 0.29) is 11.5 Å². The molecule has 2 rings (SSSR count). The summed E-state index contributed by atoms with van der Waals surface area (Å²) in [5.41, 5.74) is 0.0698. The van der Waals surface area contributed by atoms with Gasteiger partial charge in [0.15, 0.2) is 0 Å². The Balaban J connectivity index is 2.08. The lowest BCUT2D eigenvalue weighted by molar-refractivity contribution is -0.0135. The fraction of sp³-hybridized carbons (Fsp3) is 0.857. The van der Waals surface area contributed by atoms with Crippen molar-refractivity contribution in [3.63, 3.8) is 0 Å². The van der Waals surface area contributed by atoms with Gasteiger partial charge in [-0.1, -0.05) is 27.2 Å². The van der Waals surface area contributed by atoms with Crippen molar-refractivity contribution in [1.82, 2.24) is 14.8 Å². The zero-order chi connectivity index (χ0) is 13.3. The van der Waals surface area contributed by atoms with E-state index in [0.29, 0.717) is 11.8 Å². The molecule has 1 aromatic rings. The molecule has 3 unspecified atom stereocenters. The molecule has 4 heteroatoms. The summed E-state index contributed by atoms with van der Waals surface area (Å²) in [7, 11) is 1.93. The highest BCUT2D eigenvalue weighted by Gasteiger charge is 2.38. The maximum Gasteiger partial charge on any atom is 0.138 e. The van der Waals surface area contributed by atoms with E-state index in [2.05, 4.69) is 30.9 Å². The molecule has 1 aliphatic carbocycles. The van der Waals surface area contributed by atoms with Crippen LogP contribution >= 0.6 is 0 Å². The van der Waals surface area contributed by atoms with Gasteiger partial charge in [0.05, 0.1) is 6.10 Å². The quantitative estimate of drug-likeness (QED) is 0.896. The lowest BCUT2D eigenvalue weighted by Crippen LogP contribution is -2.40. The zero-order valence-corrected chi connectivity index (χ0v) is 11.9. The summed E-state index contributed by atoms with van der Waals surface area (Å²) < 4.78 is 1.83. The largest absolute Gasteiger partial charge is 0.393 e. The summed E-state index contributed by atoms with van der Waals surface area (Å²) in [6.07, 6.45) is 5.59. The third-order valence-corrected chi connectivity index (χ3v) is 4.50. The molecule has 3 atom stereocenters. The first kappa shape index (κ1) is 13.5. The first-order chi connectivity index (χ1) is 8.40. The molecule has 0 saturated heterocycles. The minimum atomic E-state index is -0.169. The predicted molar refractivity (Wildman–Crippen MR) is 71.0 cm³/mol. The van der Waals surface area contributed by atoms with Crippen LogP contribution in [-0.2, 0) is 13.5 Å². The summed E-state index contributed by atoms with van der Waals surface area (Å²) in [6.45, 7) is 6.71. The second-order valence-corrected chi connectivity index (χ2v) is 6.56. The molecule has 0 aromatic carbocycles. The van der Waals surface area contributed by atoms with Crippen molar-refractivity contribution in [2.45, 2.75) is 52.6 Å². The van der Waals surface area contributed by atoms with Gasteiger partial charge in [-0.15, -0.1) is 0 Å². The van der Waals surface area contributed by atoms with E-state index in [9.17, 15) is 5.11 Å². The monoisotopic (exact) mass is 251 g/mol. The summed E-state index contributed by atoms with van der Waals surface area (Å²) >= 11 is 0. The van der Waals surface area contributed by atoms with Crippen molar-refractivity contribution >= 4 is 0 Å².